The number of nitrogens with one attached hydrogen (secondary N) is 1. The minimum Gasteiger partial charge on any atom is -0.493 e. The van der Waals surface area contributed by atoms with Crippen molar-refractivity contribution in [1.29, 1.82) is 0 Å². The first-order valence-corrected chi connectivity index (χ1v) is 9.65. The summed E-state index contributed by atoms with van der Waals surface area (Å²) in [6, 6.07) is 13.8. The predicted octanol–water partition coefficient (Wildman–Crippen LogP) is 2.39. The van der Waals surface area contributed by atoms with Gasteiger partial charge in [-0.25, -0.2) is 4.68 Å². The Balaban J connectivity index is 1.51. The molecule has 158 valence electrons. The number of anilines is 1. The molecule has 8 nitrogen and oxygen atoms in total. The topological polar surface area (TPSA) is 81.5 Å². The van der Waals surface area contributed by atoms with Gasteiger partial charge >= 0.3 is 0 Å². The van der Waals surface area contributed by atoms with Gasteiger partial charge in [0, 0.05) is 31.9 Å². The zero-order valence-electron chi connectivity index (χ0n) is 17.8. The molecule has 0 atom stereocenters. The first-order chi connectivity index (χ1) is 14.5. The lowest BCUT2D eigenvalue weighted by molar-refractivity contribution is -0.121. The smallest absolute Gasteiger partial charge is 0.241 e. The highest BCUT2D eigenvalue weighted by Crippen LogP contribution is 2.27. The zero-order valence-corrected chi connectivity index (χ0v) is 17.8. The van der Waals surface area contributed by atoms with Gasteiger partial charge < -0.3 is 19.7 Å². The summed E-state index contributed by atoms with van der Waals surface area (Å²) in [4.78, 5) is 14.3. The van der Waals surface area contributed by atoms with Crippen LogP contribution in [0.1, 0.15) is 5.56 Å². The number of carbonyl (C=O) groups excluding carboxylic acids is 1. The van der Waals surface area contributed by atoms with Crippen LogP contribution < -0.4 is 19.7 Å². The highest BCUT2D eigenvalue weighted by atomic mass is 16.5. The maximum Gasteiger partial charge on any atom is 0.241 e. The normalized spacial score (nSPS) is 10.5. The predicted molar refractivity (Wildman–Crippen MR) is 116 cm³/mol. The number of amides is 1. The summed E-state index contributed by atoms with van der Waals surface area (Å²) in [5, 5.41) is 11.1. The molecule has 0 saturated carbocycles. The summed E-state index contributed by atoms with van der Waals surface area (Å²) >= 11 is 0. The SMILES string of the molecule is COc1ccc(CCNC(=O)Cn2cc(-c3ccc(N(C)C)cc3)nn2)cc1OC. The third kappa shape index (κ3) is 5.28. The minimum atomic E-state index is -0.116. The van der Waals surface area contributed by atoms with E-state index in [4.69, 9.17) is 9.47 Å². The van der Waals surface area contributed by atoms with Gasteiger partial charge in [-0.05, 0) is 36.2 Å². The summed E-state index contributed by atoms with van der Waals surface area (Å²) in [7, 11) is 7.20. The minimum absolute atomic E-state index is 0.116. The number of aromatic nitrogens is 3. The standard InChI is InChI=1S/C22H27N5O3/c1-26(2)18-8-6-17(7-9-18)19-14-27(25-24-19)15-22(28)23-12-11-16-5-10-20(29-3)21(13-16)30-4/h5-10,13-14H,11-12,15H2,1-4H3,(H,23,28). The monoisotopic (exact) mass is 409 g/mol. The van der Waals surface area contributed by atoms with E-state index in [1.165, 1.54) is 0 Å². The number of hydrogen-bond donors (Lipinski definition) is 1. The van der Waals surface area contributed by atoms with Gasteiger partial charge in [-0.15, -0.1) is 5.10 Å². The third-order valence-electron chi connectivity index (χ3n) is 4.71. The Labute approximate surface area is 176 Å². The number of ether oxygens (including phenoxy) is 2. The van der Waals surface area contributed by atoms with Crippen LogP contribution in [0.25, 0.3) is 11.3 Å². The van der Waals surface area contributed by atoms with Gasteiger partial charge in [0.2, 0.25) is 5.91 Å². The molecule has 3 aromatic rings. The van der Waals surface area contributed by atoms with Gasteiger partial charge in [0.1, 0.15) is 12.2 Å². The summed E-state index contributed by atoms with van der Waals surface area (Å²) in [6.07, 6.45) is 2.46. The number of rotatable bonds is 9. The van der Waals surface area contributed by atoms with E-state index in [2.05, 4.69) is 15.6 Å². The molecular weight excluding hydrogens is 382 g/mol. The lowest BCUT2D eigenvalue weighted by Gasteiger charge is -2.11. The second-order valence-corrected chi connectivity index (χ2v) is 7.03. The largest absolute Gasteiger partial charge is 0.493 e. The molecule has 0 saturated heterocycles. The molecule has 3 rings (SSSR count). The molecule has 0 radical (unpaired) electrons. The molecular formula is C22H27N5O3. The van der Waals surface area contributed by atoms with E-state index >= 15 is 0 Å². The second-order valence-electron chi connectivity index (χ2n) is 7.03. The molecule has 0 spiro atoms. The van der Waals surface area contributed by atoms with E-state index in [1.54, 1.807) is 25.1 Å². The lowest BCUT2D eigenvalue weighted by Crippen LogP contribution is -2.29. The first kappa shape index (κ1) is 21.2. The van der Waals surface area contributed by atoms with E-state index < -0.39 is 0 Å². The van der Waals surface area contributed by atoms with Gasteiger partial charge in [0.15, 0.2) is 11.5 Å². The van der Waals surface area contributed by atoms with Crippen molar-refractivity contribution < 1.29 is 14.3 Å². The van der Waals surface area contributed by atoms with Crippen molar-refractivity contribution in [1.82, 2.24) is 20.3 Å². The van der Waals surface area contributed by atoms with E-state index in [-0.39, 0.29) is 12.5 Å². The fourth-order valence-corrected chi connectivity index (χ4v) is 3.02. The molecule has 1 N–H and O–H groups in total. The molecule has 1 aromatic heterocycles. The number of nitrogens with zero attached hydrogens (tertiary/aromatic N) is 4. The van der Waals surface area contributed by atoms with Crippen molar-refractivity contribution in [2.45, 2.75) is 13.0 Å². The van der Waals surface area contributed by atoms with Crippen molar-refractivity contribution in [2.24, 2.45) is 0 Å². The van der Waals surface area contributed by atoms with Crippen LogP contribution in [-0.2, 0) is 17.8 Å². The highest BCUT2D eigenvalue weighted by Gasteiger charge is 2.09. The molecule has 30 heavy (non-hydrogen) atoms. The molecule has 0 fully saturated rings. The third-order valence-corrected chi connectivity index (χ3v) is 4.71. The molecule has 1 amide bonds. The molecule has 0 aliphatic carbocycles. The van der Waals surface area contributed by atoms with Gasteiger partial charge in [0.25, 0.3) is 0 Å². The maximum atomic E-state index is 12.2. The number of hydrogen-bond acceptors (Lipinski definition) is 6. The fraction of sp³-hybridized carbons (Fsp3) is 0.318. The molecule has 0 aliphatic rings. The van der Waals surface area contributed by atoms with E-state index in [0.29, 0.717) is 24.5 Å². The molecule has 8 heteroatoms. The van der Waals surface area contributed by atoms with Crippen molar-refractivity contribution in [2.75, 3.05) is 39.8 Å². The Morgan fingerprint density at radius 2 is 1.80 bits per heavy atom. The van der Waals surface area contributed by atoms with Crippen LogP contribution in [0, 0.1) is 0 Å². The average molecular weight is 409 g/mol. The van der Waals surface area contributed by atoms with Crippen LogP contribution in [0.5, 0.6) is 11.5 Å². The maximum absolute atomic E-state index is 12.2. The van der Waals surface area contributed by atoms with Crippen LogP contribution in [-0.4, -0.2) is 55.8 Å². The fourth-order valence-electron chi connectivity index (χ4n) is 3.02. The van der Waals surface area contributed by atoms with Gasteiger partial charge in [-0.3, -0.25) is 4.79 Å². The average Bonchev–Trinajstić information content (AvgIpc) is 3.22. The summed E-state index contributed by atoms with van der Waals surface area (Å²) in [6.45, 7) is 0.635. The molecule has 0 unspecified atom stereocenters. The van der Waals surface area contributed by atoms with Gasteiger partial charge in [-0.2, -0.15) is 0 Å². The van der Waals surface area contributed by atoms with Gasteiger partial charge in [0.05, 0.1) is 20.4 Å². The Kier molecular flexibility index (Phi) is 6.90. The first-order valence-electron chi connectivity index (χ1n) is 9.65. The van der Waals surface area contributed by atoms with E-state index in [1.807, 2.05) is 61.5 Å². The molecule has 1 heterocycles. The Bertz CT molecular complexity index is 983. The van der Waals surface area contributed by atoms with Crippen LogP contribution in [0.4, 0.5) is 5.69 Å². The van der Waals surface area contributed by atoms with Gasteiger partial charge in [-0.1, -0.05) is 23.4 Å². The van der Waals surface area contributed by atoms with Crippen LogP contribution in [0.3, 0.4) is 0 Å². The van der Waals surface area contributed by atoms with Crippen LogP contribution in [0.15, 0.2) is 48.7 Å². The number of methoxy groups -OCH3 is 2. The highest BCUT2D eigenvalue weighted by molar-refractivity contribution is 5.75. The Morgan fingerprint density at radius 1 is 1.07 bits per heavy atom. The van der Waals surface area contributed by atoms with Crippen molar-refractivity contribution in [3.05, 3.63) is 54.2 Å². The second kappa shape index (κ2) is 9.78. The van der Waals surface area contributed by atoms with Crippen LogP contribution in [0.2, 0.25) is 0 Å². The molecule has 0 bridgehead atoms. The summed E-state index contributed by atoms with van der Waals surface area (Å²) in [5.74, 6) is 1.24. The Morgan fingerprint density at radius 3 is 2.47 bits per heavy atom. The lowest BCUT2D eigenvalue weighted by atomic mass is 10.1. The summed E-state index contributed by atoms with van der Waals surface area (Å²) < 4.78 is 12.1. The molecule has 2 aromatic carbocycles. The number of benzene rings is 2. The molecule has 0 aliphatic heterocycles. The van der Waals surface area contributed by atoms with Crippen molar-refractivity contribution in [3.8, 4) is 22.8 Å². The van der Waals surface area contributed by atoms with Crippen molar-refractivity contribution in [3.63, 3.8) is 0 Å². The van der Waals surface area contributed by atoms with Crippen LogP contribution >= 0.6 is 0 Å². The van der Waals surface area contributed by atoms with E-state index in [0.717, 1.165) is 22.5 Å². The van der Waals surface area contributed by atoms with E-state index in [9.17, 15) is 4.79 Å². The zero-order chi connectivity index (χ0) is 21.5. The number of carbonyl (C=O) groups is 1. The summed E-state index contributed by atoms with van der Waals surface area (Å²) in [5.41, 5.74) is 3.86. The van der Waals surface area contributed by atoms with Crippen molar-refractivity contribution >= 4 is 11.6 Å². The quantitative estimate of drug-likeness (QED) is 0.584. The Hall–Kier alpha value is -3.55.